The smallest absolute Gasteiger partial charge is 0.241 e. The number of nitrogen functional groups attached to an aromatic ring is 1. The maximum absolute atomic E-state index is 12.1. The van der Waals surface area contributed by atoms with Crippen molar-refractivity contribution in [3.05, 3.63) is 35.7 Å². The van der Waals surface area contributed by atoms with Gasteiger partial charge in [0.15, 0.2) is 0 Å². The fourth-order valence-corrected chi connectivity index (χ4v) is 2.50. The number of anilines is 1. The Labute approximate surface area is 116 Å². The Morgan fingerprint density at radius 1 is 1.40 bits per heavy atom. The Balaban J connectivity index is 2.14. The van der Waals surface area contributed by atoms with Crippen molar-refractivity contribution in [2.75, 3.05) is 5.43 Å². The molecule has 20 heavy (non-hydrogen) atoms. The van der Waals surface area contributed by atoms with E-state index in [0.29, 0.717) is 11.7 Å². The number of hydrogen-bond acceptors (Lipinski definition) is 7. The Hall–Kier alpha value is -1.97. The van der Waals surface area contributed by atoms with E-state index in [1.807, 2.05) is 0 Å². The quantitative estimate of drug-likeness (QED) is 0.540. The Morgan fingerprint density at radius 2 is 2.15 bits per heavy atom. The molecule has 0 aromatic carbocycles. The summed E-state index contributed by atoms with van der Waals surface area (Å²) < 4.78 is 31.9. The van der Waals surface area contributed by atoms with E-state index in [9.17, 15) is 8.42 Å². The highest BCUT2D eigenvalue weighted by atomic mass is 32.2. The van der Waals surface area contributed by atoms with Gasteiger partial charge in [-0.05, 0) is 19.9 Å². The number of oxazole rings is 1. The molecule has 0 unspecified atom stereocenters. The minimum Gasteiger partial charge on any atom is -0.444 e. The van der Waals surface area contributed by atoms with Gasteiger partial charge in [0.2, 0.25) is 15.9 Å². The van der Waals surface area contributed by atoms with E-state index >= 15 is 0 Å². The predicted octanol–water partition coefficient (Wildman–Crippen LogP) is 0.451. The van der Waals surface area contributed by atoms with Crippen molar-refractivity contribution < 1.29 is 12.8 Å². The summed E-state index contributed by atoms with van der Waals surface area (Å²) in [5.74, 6) is 6.43. The highest BCUT2D eigenvalue weighted by Gasteiger charge is 2.16. The Morgan fingerprint density at radius 3 is 2.75 bits per heavy atom. The van der Waals surface area contributed by atoms with Crippen molar-refractivity contribution in [2.45, 2.75) is 25.3 Å². The van der Waals surface area contributed by atoms with Crippen LogP contribution in [-0.4, -0.2) is 18.4 Å². The minimum atomic E-state index is -3.68. The highest BCUT2D eigenvalue weighted by molar-refractivity contribution is 7.89. The summed E-state index contributed by atoms with van der Waals surface area (Å²) in [6.07, 6.45) is 1.35. The maximum atomic E-state index is 12.1. The molecule has 0 fully saturated rings. The number of sulfonamides is 1. The normalized spacial score (nSPS) is 11.6. The van der Waals surface area contributed by atoms with Gasteiger partial charge in [-0.15, -0.1) is 0 Å². The van der Waals surface area contributed by atoms with Crippen LogP contribution < -0.4 is 16.0 Å². The molecule has 2 rings (SSSR count). The van der Waals surface area contributed by atoms with Crippen LogP contribution in [0.25, 0.3) is 0 Å². The molecule has 9 heteroatoms. The number of nitrogens with zero attached hydrogens (tertiary/aromatic N) is 2. The van der Waals surface area contributed by atoms with Crippen molar-refractivity contribution >= 4 is 15.8 Å². The number of hydrogen-bond donors (Lipinski definition) is 3. The van der Waals surface area contributed by atoms with Gasteiger partial charge < -0.3 is 9.84 Å². The van der Waals surface area contributed by atoms with E-state index < -0.39 is 10.0 Å². The van der Waals surface area contributed by atoms with E-state index in [0.717, 1.165) is 5.69 Å². The Bertz CT molecular complexity index is 691. The number of nitrogens with one attached hydrogen (secondary N) is 2. The van der Waals surface area contributed by atoms with Crippen LogP contribution >= 0.6 is 0 Å². The number of aryl methyl sites for hydroxylation is 2. The molecule has 2 aromatic rings. The average molecular weight is 297 g/mol. The van der Waals surface area contributed by atoms with E-state index in [4.69, 9.17) is 10.3 Å². The Kier molecular flexibility index (Phi) is 4.02. The molecule has 0 amide bonds. The van der Waals surface area contributed by atoms with Crippen LogP contribution in [-0.2, 0) is 16.6 Å². The first-order chi connectivity index (χ1) is 9.42. The number of nitrogens with two attached hydrogens (primary N) is 1. The lowest BCUT2D eigenvalue weighted by Gasteiger charge is -2.06. The van der Waals surface area contributed by atoms with Crippen LogP contribution in [0.2, 0.25) is 0 Å². The number of aromatic nitrogens is 2. The molecular weight excluding hydrogens is 282 g/mol. The first-order valence-corrected chi connectivity index (χ1v) is 7.26. The molecule has 4 N–H and O–H groups in total. The van der Waals surface area contributed by atoms with Crippen molar-refractivity contribution in [3.8, 4) is 0 Å². The van der Waals surface area contributed by atoms with Crippen molar-refractivity contribution in [3.63, 3.8) is 0 Å². The molecule has 0 saturated carbocycles. The largest absolute Gasteiger partial charge is 0.444 e. The fourth-order valence-electron chi connectivity index (χ4n) is 1.51. The summed E-state index contributed by atoms with van der Waals surface area (Å²) in [5.41, 5.74) is 3.02. The number of rotatable bonds is 5. The van der Waals surface area contributed by atoms with Gasteiger partial charge >= 0.3 is 0 Å². The van der Waals surface area contributed by atoms with Crippen LogP contribution in [0.15, 0.2) is 27.6 Å². The lowest BCUT2D eigenvalue weighted by atomic mass is 10.4. The molecule has 0 saturated heterocycles. The molecule has 0 radical (unpaired) electrons. The van der Waals surface area contributed by atoms with E-state index in [-0.39, 0.29) is 17.3 Å². The second-order valence-electron chi connectivity index (χ2n) is 4.09. The first kappa shape index (κ1) is 14.4. The van der Waals surface area contributed by atoms with Crippen LogP contribution in [0.3, 0.4) is 0 Å². The molecule has 0 bridgehead atoms. The number of pyridine rings is 1. The molecule has 2 aromatic heterocycles. The van der Waals surface area contributed by atoms with Gasteiger partial charge in [-0.2, -0.15) is 0 Å². The third-order valence-electron chi connectivity index (χ3n) is 2.68. The first-order valence-electron chi connectivity index (χ1n) is 5.77. The zero-order chi connectivity index (χ0) is 14.8. The lowest BCUT2D eigenvalue weighted by Crippen LogP contribution is -2.23. The monoisotopic (exact) mass is 297 g/mol. The van der Waals surface area contributed by atoms with Crippen LogP contribution in [0.1, 0.15) is 17.3 Å². The SMILES string of the molecule is Cc1nc(CNS(=O)(=O)c2ccnc(NN)c2)oc1C. The molecule has 0 aliphatic rings. The summed E-state index contributed by atoms with van der Waals surface area (Å²) >= 11 is 0. The molecule has 0 spiro atoms. The number of hydrazine groups is 1. The fraction of sp³-hybridized carbons (Fsp3) is 0.273. The van der Waals surface area contributed by atoms with E-state index in [2.05, 4.69) is 20.1 Å². The topological polar surface area (TPSA) is 123 Å². The standard InChI is InChI=1S/C11H15N5O3S/c1-7-8(2)19-11(15-7)6-14-20(17,18)9-3-4-13-10(5-9)16-12/h3-5,14H,6,12H2,1-2H3,(H,13,16). The van der Waals surface area contributed by atoms with Gasteiger partial charge in [-0.1, -0.05) is 0 Å². The van der Waals surface area contributed by atoms with Gasteiger partial charge in [0.25, 0.3) is 0 Å². The molecule has 2 heterocycles. The molecule has 0 aliphatic carbocycles. The zero-order valence-electron chi connectivity index (χ0n) is 11.0. The average Bonchev–Trinajstić information content (AvgIpc) is 2.76. The summed E-state index contributed by atoms with van der Waals surface area (Å²) in [4.78, 5) is 8.00. The lowest BCUT2D eigenvalue weighted by molar-refractivity contribution is 0.463. The van der Waals surface area contributed by atoms with Crippen molar-refractivity contribution in [1.29, 1.82) is 0 Å². The second-order valence-corrected chi connectivity index (χ2v) is 5.86. The van der Waals surface area contributed by atoms with Crippen LogP contribution in [0.4, 0.5) is 5.82 Å². The summed E-state index contributed by atoms with van der Waals surface area (Å²) in [6.45, 7) is 3.53. The van der Waals surface area contributed by atoms with Gasteiger partial charge in [0, 0.05) is 12.3 Å². The maximum Gasteiger partial charge on any atom is 0.241 e. The van der Waals surface area contributed by atoms with Crippen molar-refractivity contribution in [1.82, 2.24) is 14.7 Å². The van der Waals surface area contributed by atoms with Gasteiger partial charge in [-0.3, -0.25) is 0 Å². The highest BCUT2D eigenvalue weighted by Crippen LogP contribution is 2.13. The van der Waals surface area contributed by atoms with E-state index in [1.165, 1.54) is 18.3 Å². The molecular formula is C11H15N5O3S. The molecule has 0 aliphatic heterocycles. The predicted molar refractivity (Wildman–Crippen MR) is 72.0 cm³/mol. The van der Waals surface area contributed by atoms with Gasteiger partial charge in [0.1, 0.15) is 11.6 Å². The second kappa shape index (κ2) is 5.57. The van der Waals surface area contributed by atoms with E-state index in [1.54, 1.807) is 13.8 Å². The molecule has 108 valence electrons. The third-order valence-corrected chi connectivity index (χ3v) is 4.07. The van der Waals surface area contributed by atoms with Crippen LogP contribution in [0.5, 0.6) is 0 Å². The molecule has 0 atom stereocenters. The van der Waals surface area contributed by atoms with Crippen molar-refractivity contribution in [2.24, 2.45) is 5.84 Å². The van der Waals surface area contributed by atoms with Gasteiger partial charge in [0.05, 0.1) is 17.1 Å². The van der Waals surface area contributed by atoms with Crippen LogP contribution in [0, 0.1) is 13.8 Å². The molecule has 8 nitrogen and oxygen atoms in total. The summed E-state index contributed by atoms with van der Waals surface area (Å²) in [6, 6.07) is 2.70. The minimum absolute atomic E-state index is 0.0231. The third kappa shape index (κ3) is 3.13. The zero-order valence-corrected chi connectivity index (χ0v) is 11.9. The summed E-state index contributed by atoms with van der Waals surface area (Å²) in [7, 11) is -3.68. The summed E-state index contributed by atoms with van der Waals surface area (Å²) in [5, 5.41) is 0. The van der Waals surface area contributed by atoms with Gasteiger partial charge in [-0.25, -0.2) is 29.0 Å².